The monoisotopic (exact) mass is 269 g/mol. The summed E-state index contributed by atoms with van der Waals surface area (Å²) < 4.78 is 28.4. The first kappa shape index (κ1) is 14.7. The van der Waals surface area contributed by atoms with Crippen LogP contribution in [-0.4, -0.2) is 34.4 Å². The Morgan fingerprint density at radius 1 is 1.39 bits per heavy atom. The van der Waals surface area contributed by atoms with Gasteiger partial charge in [0.25, 0.3) is 0 Å². The van der Waals surface area contributed by atoms with Crippen LogP contribution in [0.2, 0.25) is 0 Å². The molecule has 0 radical (unpaired) electrons. The van der Waals surface area contributed by atoms with Crippen molar-refractivity contribution in [3.8, 4) is 0 Å². The average molecular weight is 269 g/mol. The molecule has 0 aromatic heterocycles. The van der Waals surface area contributed by atoms with Gasteiger partial charge in [-0.1, -0.05) is 24.3 Å². The van der Waals surface area contributed by atoms with Crippen LogP contribution in [0.3, 0.4) is 0 Å². The second kappa shape index (κ2) is 6.56. The van der Waals surface area contributed by atoms with Crippen molar-refractivity contribution in [1.82, 2.24) is 0 Å². The lowest BCUT2D eigenvalue weighted by molar-refractivity contribution is 0.167. The van der Waals surface area contributed by atoms with Crippen LogP contribution in [0.4, 0.5) is 5.69 Å². The molecule has 0 aliphatic rings. The molecule has 0 unspecified atom stereocenters. The lowest BCUT2D eigenvalue weighted by Gasteiger charge is -2.10. The summed E-state index contributed by atoms with van der Waals surface area (Å²) in [6.07, 6.45) is 1.20. The number of anilines is 1. The van der Waals surface area contributed by atoms with E-state index in [1.54, 1.807) is 24.3 Å². The zero-order valence-electron chi connectivity index (χ0n) is 10.8. The van der Waals surface area contributed by atoms with Gasteiger partial charge in [-0.2, -0.15) is 0 Å². The van der Waals surface area contributed by atoms with Gasteiger partial charge in [0.15, 0.2) is 9.84 Å². The van der Waals surface area contributed by atoms with E-state index in [1.807, 2.05) is 6.92 Å². The molecule has 100 valence electrons. The number of benzene rings is 1. The van der Waals surface area contributed by atoms with Crippen LogP contribution < -0.4 is 5.32 Å². The molecule has 0 fully saturated rings. The predicted molar refractivity (Wildman–Crippen MR) is 73.7 cm³/mol. The van der Waals surface area contributed by atoms with Gasteiger partial charge in [0.2, 0.25) is 0 Å². The summed E-state index contributed by atoms with van der Waals surface area (Å²) in [7, 11) is -3.21. The first-order valence-electron chi connectivity index (χ1n) is 5.66. The highest BCUT2D eigenvalue weighted by Gasteiger charge is 2.11. The molecule has 0 spiro atoms. The summed E-state index contributed by atoms with van der Waals surface area (Å²) in [4.78, 5) is 0.310. The highest BCUT2D eigenvalue weighted by molar-refractivity contribution is 7.90. The molecule has 0 aliphatic heterocycles. The molecule has 0 heterocycles. The summed E-state index contributed by atoms with van der Waals surface area (Å²) in [5.41, 5.74) is 1.57. The van der Waals surface area contributed by atoms with Crippen LogP contribution >= 0.6 is 0 Å². The maximum Gasteiger partial charge on any atom is 0.177 e. The molecule has 1 aromatic carbocycles. The molecule has 0 amide bonds. The van der Waals surface area contributed by atoms with Gasteiger partial charge in [-0.25, -0.2) is 8.42 Å². The number of hydrogen-bond donors (Lipinski definition) is 1. The summed E-state index contributed by atoms with van der Waals surface area (Å²) in [5, 5.41) is 3.06. The van der Waals surface area contributed by atoms with Crippen LogP contribution in [0, 0.1) is 0 Å². The second-order valence-electron chi connectivity index (χ2n) is 4.20. The van der Waals surface area contributed by atoms with Gasteiger partial charge in [-0.3, -0.25) is 0 Å². The average Bonchev–Trinajstić information content (AvgIpc) is 2.27. The number of rotatable bonds is 7. The van der Waals surface area contributed by atoms with Crippen molar-refractivity contribution in [1.29, 1.82) is 0 Å². The minimum atomic E-state index is -3.21. The van der Waals surface area contributed by atoms with E-state index in [9.17, 15) is 8.42 Å². The van der Waals surface area contributed by atoms with Crippen molar-refractivity contribution in [2.75, 3.05) is 31.3 Å². The Labute approximate surface area is 109 Å². The molecule has 4 nitrogen and oxygen atoms in total. The Bertz CT molecular complexity index is 509. The van der Waals surface area contributed by atoms with E-state index in [0.717, 1.165) is 5.57 Å². The van der Waals surface area contributed by atoms with E-state index in [0.29, 0.717) is 30.3 Å². The van der Waals surface area contributed by atoms with Crippen LogP contribution in [0.25, 0.3) is 0 Å². The molecule has 0 saturated heterocycles. The third kappa shape index (κ3) is 4.89. The fourth-order valence-electron chi connectivity index (χ4n) is 1.44. The van der Waals surface area contributed by atoms with Gasteiger partial charge >= 0.3 is 0 Å². The van der Waals surface area contributed by atoms with E-state index >= 15 is 0 Å². The van der Waals surface area contributed by atoms with Crippen molar-refractivity contribution in [2.24, 2.45) is 0 Å². The van der Waals surface area contributed by atoms with Gasteiger partial charge in [-0.15, -0.1) is 0 Å². The minimum absolute atomic E-state index is 0.310. The van der Waals surface area contributed by atoms with Crippen molar-refractivity contribution < 1.29 is 13.2 Å². The first-order chi connectivity index (χ1) is 8.41. The third-order valence-electron chi connectivity index (χ3n) is 2.20. The van der Waals surface area contributed by atoms with Gasteiger partial charge in [0, 0.05) is 12.8 Å². The lowest BCUT2D eigenvalue weighted by atomic mass is 10.3. The minimum Gasteiger partial charge on any atom is -0.382 e. The highest BCUT2D eigenvalue weighted by atomic mass is 32.2. The quantitative estimate of drug-likeness (QED) is 0.608. The van der Waals surface area contributed by atoms with E-state index in [4.69, 9.17) is 4.74 Å². The lowest BCUT2D eigenvalue weighted by Crippen LogP contribution is -2.12. The molecular formula is C13H19NO3S. The van der Waals surface area contributed by atoms with Crippen LogP contribution in [0.5, 0.6) is 0 Å². The maximum absolute atomic E-state index is 11.5. The van der Waals surface area contributed by atoms with Crippen LogP contribution in [0.15, 0.2) is 41.3 Å². The zero-order valence-corrected chi connectivity index (χ0v) is 11.6. The Kier molecular flexibility index (Phi) is 5.37. The van der Waals surface area contributed by atoms with Crippen molar-refractivity contribution >= 4 is 15.5 Å². The van der Waals surface area contributed by atoms with E-state index in [2.05, 4.69) is 11.9 Å². The number of ether oxygens (including phenoxy) is 1. The van der Waals surface area contributed by atoms with Crippen molar-refractivity contribution in [3.63, 3.8) is 0 Å². The normalized spacial score (nSPS) is 11.2. The fraction of sp³-hybridized carbons (Fsp3) is 0.385. The number of para-hydroxylation sites is 1. The molecule has 18 heavy (non-hydrogen) atoms. The van der Waals surface area contributed by atoms with Gasteiger partial charge in [0.05, 0.1) is 23.8 Å². The molecular weight excluding hydrogens is 250 g/mol. The maximum atomic E-state index is 11.5. The van der Waals surface area contributed by atoms with Crippen LogP contribution in [0.1, 0.15) is 6.92 Å². The van der Waals surface area contributed by atoms with Gasteiger partial charge in [-0.05, 0) is 19.1 Å². The smallest absolute Gasteiger partial charge is 0.177 e. The van der Waals surface area contributed by atoms with E-state index < -0.39 is 9.84 Å². The standard InChI is InChI=1S/C13H19NO3S/c1-11(2)10-17-9-8-14-12-6-4-5-7-13(12)18(3,15)16/h4-7,14H,1,8-10H2,2-3H3. The topological polar surface area (TPSA) is 55.4 Å². The van der Waals surface area contributed by atoms with Gasteiger partial charge < -0.3 is 10.1 Å². The largest absolute Gasteiger partial charge is 0.382 e. The predicted octanol–water partition coefficient (Wildman–Crippen LogP) is 2.09. The first-order valence-corrected chi connectivity index (χ1v) is 7.55. The molecule has 0 aliphatic carbocycles. The Hall–Kier alpha value is -1.33. The number of sulfone groups is 1. The SMILES string of the molecule is C=C(C)COCCNc1ccccc1S(C)(=O)=O. The molecule has 1 rings (SSSR count). The fourth-order valence-corrected chi connectivity index (χ4v) is 2.31. The molecule has 0 bridgehead atoms. The zero-order chi connectivity index (χ0) is 13.6. The molecule has 0 saturated carbocycles. The van der Waals surface area contributed by atoms with E-state index in [-0.39, 0.29) is 0 Å². The summed E-state index contributed by atoms with van der Waals surface area (Å²) in [5.74, 6) is 0. The number of nitrogens with one attached hydrogen (secondary N) is 1. The van der Waals surface area contributed by atoms with Crippen molar-refractivity contribution in [2.45, 2.75) is 11.8 Å². The summed E-state index contributed by atoms with van der Waals surface area (Å²) >= 11 is 0. The molecule has 1 aromatic rings. The van der Waals surface area contributed by atoms with Crippen LogP contribution in [-0.2, 0) is 14.6 Å². The van der Waals surface area contributed by atoms with Crippen molar-refractivity contribution in [3.05, 3.63) is 36.4 Å². The second-order valence-corrected chi connectivity index (χ2v) is 6.19. The molecule has 5 heteroatoms. The Balaban J connectivity index is 2.55. The summed E-state index contributed by atoms with van der Waals surface area (Å²) in [6, 6.07) is 6.84. The molecule has 1 N–H and O–H groups in total. The Morgan fingerprint density at radius 3 is 2.67 bits per heavy atom. The molecule has 0 atom stereocenters. The van der Waals surface area contributed by atoms with E-state index in [1.165, 1.54) is 6.26 Å². The Morgan fingerprint density at radius 2 is 2.06 bits per heavy atom. The number of hydrogen-bond acceptors (Lipinski definition) is 4. The third-order valence-corrected chi connectivity index (χ3v) is 3.35. The highest BCUT2D eigenvalue weighted by Crippen LogP contribution is 2.19. The van der Waals surface area contributed by atoms with Gasteiger partial charge in [0.1, 0.15) is 0 Å². The summed E-state index contributed by atoms with van der Waals surface area (Å²) in [6.45, 7) is 7.21.